The zero-order valence-electron chi connectivity index (χ0n) is 16.6. The van der Waals surface area contributed by atoms with Gasteiger partial charge in [-0.3, -0.25) is 9.19 Å². The number of pyridine rings is 2. The summed E-state index contributed by atoms with van der Waals surface area (Å²) in [6.45, 7) is 1.86. The number of hydrogen-bond donors (Lipinski definition) is 0. The number of aromatic nitrogens is 4. The van der Waals surface area contributed by atoms with Crippen molar-refractivity contribution in [3.8, 4) is 17.4 Å². The van der Waals surface area contributed by atoms with E-state index in [0.717, 1.165) is 5.56 Å². The molecule has 3 aromatic heterocycles. The number of halogens is 1. The van der Waals surface area contributed by atoms with Gasteiger partial charge < -0.3 is 24.4 Å². The van der Waals surface area contributed by atoms with E-state index in [2.05, 4.69) is 19.9 Å². The minimum absolute atomic E-state index is 0. The van der Waals surface area contributed by atoms with Crippen molar-refractivity contribution < 1.29 is 47.6 Å². The van der Waals surface area contributed by atoms with E-state index in [1.165, 1.54) is 24.3 Å². The maximum atomic E-state index is 13.0. The van der Waals surface area contributed by atoms with Crippen molar-refractivity contribution in [1.82, 2.24) is 19.9 Å². The van der Waals surface area contributed by atoms with E-state index in [-0.39, 0.29) is 52.2 Å². The summed E-state index contributed by atoms with van der Waals surface area (Å²) in [7, 11) is 0.0792. The third kappa shape index (κ3) is 4.86. The van der Waals surface area contributed by atoms with Gasteiger partial charge in [0.05, 0.1) is 34.5 Å². The molecule has 30 heavy (non-hydrogen) atoms. The first-order valence-corrected chi connectivity index (χ1v) is 9.97. The van der Waals surface area contributed by atoms with Gasteiger partial charge in [-0.25, -0.2) is 4.39 Å². The van der Waals surface area contributed by atoms with E-state index in [1.807, 2.05) is 6.92 Å². The number of nitrogens with zero attached hydrogens (tertiary/aromatic N) is 4. The molecular formula is C20H16FN4NaO3S. The van der Waals surface area contributed by atoms with Gasteiger partial charge in [-0.1, -0.05) is 0 Å². The first-order valence-electron chi connectivity index (χ1n) is 8.65. The van der Waals surface area contributed by atoms with E-state index in [9.17, 15) is 8.60 Å². The van der Waals surface area contributed by atoms with E-state index in [0.29, 0.717) is 28.4 Å². The van der Waals surface area contributed by atoms with Gasteiger partial charge in [-0.2, -0.15) is 0 Å². The minimum atomic E-state index is -1.50. The average Bonchev–Trinajstić information content (AvgIpc) is 3.15. The second kappa shape index (κ2) is 9.65. The van der Waals surface area contributed by atoms with Crippen molar-refractivity contribution in [2.24, 2.45) is 0 Å². The van der Waals surface area contributed by atoms with Crippen LogP contribution in [0.1, 0.15) is 11.3 Å². The van der Waals surface area contributed by atoms with Crippen LogP contribution in [0.4, 0.5) is 4.39 Å². The molecule has 0 fully saturated rings. The van der Waals surface area contributed by atoms with Crippen LogP contribution >= 0.6 is 0 Å². The molecule has 4 aromatic rings. The molecule has 0 N–H and O–H groups in total. The molecule has 0 aliphatic rings. The molecule has 0 spiro atoms. The van der Waals surface area contributed by atoms with Gasteiger partial charge in [0.2, 0.25) is 0 Å². The molecule has 0 bridgehead atoms. The Morgan fingerprint density at radius 3 is 2.60 bits per heavy atom. The molecule has 3 heterocycles. The second-order valence-electron chi connectivity index (χ2n) is 6.13. The summed E-state index contributed by atoms with van der Waals surface area (Å²) in [6.07, 6.45) is 1.61. The van der Waals surface area contributed by atoms with E-state index in [4.69, 9.17) is 9.47 Å². The Hall–Kier alpha value is -2.33. The molecule has 1 aromatic carbocycles. The molecular weight excluding hydrogens is 418 g/mol. The molecule has 0 saturated heterocycles. The van der Waals surface area contributed by atoms with Crippen LogP contribution in [0.2, 0.25) is 0 Å². The Kier molecular flexibility index (Phi) is 7.19. The summed E-state index contributed by atoms with van der Waals surface area (Å²) < 4.78 is 36.6. The maximum absolute atomic E-state index is 13.0. The fraction of sp³-hybridized carbons (Fsp3) is 0.150. The van der Waals surface area contributed by atoms with Crippen LogP contribution in [0.25, 0.3) is 11.2 Å². The Bertz CT molecular complexity index is 1200. The maximum Gasteiger partial charge on any atom is 1.00 e. The fourth-order valence-electron chi connectivity index (χ4n) is 2.71. The molecule has 4 rings (SSSR count). The molecule has 0 radical (unpaired) electrons. The number of imidazole rings is 1. The van der Waals surface area contributed by atoms with Gasteiger partial charge in [0.25, 0.3) is 0 Å². The van der Waals surface area contributed by atoms with Crippen LogP contribution in [-0.4, -0.2) is 26.3 Å². The Balaban J connectivity index is 0.00000256. The monoisotopic (exact) mass is 434 g/mol. The first-order chi connectivity index (χ1) is 14.0. The smallest absolute Gasteiger partial charge is 0.496 e. The SMILES string of the molecule is COc1ccnc(CS(=O)c2nc3ccc(Oc4ccc(F)cc4)nc3[n-]2)c1C.[Na+]. The van der Waals surface area contributed by atoms with Gasteiger partial charge in [0.1, 0.15) is 17.3 Å². The first kappa shape index (κ1) is 22.4. The molecule has 148 valence electrons. The molecule has 0 amide bonds. The number of methoxy groups -OCH3 is 1. The van der Waals surface area contributed by atoms with Crippen molar-refractivity contribution in [3.63, 3.8) is 0 Å². The number of benzene rings is 1. The minimum Gasteiger partial charge on any atom is -0.496 e. The number of fused-ring (bicyclic) bond motifs is 1. The van der Waals surface area contributed by atoms with Crippen LogP contribution in [0, 0.1) is 12.7 Å². The molecule has 0 aliphatic carbocycles. The predicted molar refractivity (Wildman–Crippen MR) is 105 cm³/mol. The fourth-order valence-corrected chi connectivity index (χ4v) is 3.77. The largest absolute Gasteiger partial charge is 1.00 e. The molecule has 0 aliphatic heterocycles. The summed E-state index contributed by atoms with van der Waals surface area (Å²) in [6, 6.07) is 10.7. The van der Waals surface area contributed by atoms with Crippen molar-refractivity contribution in [1.29, 1.82) is 0 Å². The van der Waals surface area contributed by atoms with Crippen LogP contribution in [0.5, 0.6) is 17.4 Å². The van der Waals surface area contributed by atoms with Crippen LogP contribution < -0.4 is 44.0 Å². The second-order valence-corrected chi connectivity index (χ2v) is 7.47. The van der Waals surface area contributed by atoms with Crippen LogP contribution in [0.3, 0.4) is 0 Å². The van der Waals surface area contributed by atoms with E-state index in [1.54, 1.807) is 31.5 Å². The third-order valence-electron chi connectivity index (χ3n) is 4.23. The van der Waals surface area contributed by atoms with E-state index >= 15 is 0 Å². The normalized spacial score (nSPS) is 11.7. The van der Waals surface area contributed by atoms with Gasteiger partial charge in [0.15, 0.2) is 5.88 Å². The zero-order chi connectivity index (χ0) is 20.4. The van der Waals surface area contributed by atoms with Gasteiger partial charge in [-0.05, 0) is 49.4 Å². The molecule has 0 saturated carbocycles. The Morgan fingerprint density at radius 1 is 1.10 bits per heavy atom. The number of hydrogen-bond acceptors (Lipinski definition) is 6. The third-order valence-corrected chi connectivity index (χ3v) is 5.36. The number of rotatable bonds is 6. The quantitative estimate of drug-likeness (QED) is 0.410. The van der Waals surface area contributed by atoms with Crippen molar-refractivity contribution in [2.75, 3.05) is 7.11 Å². The van der Waals surface area contributed by atoms with Gasteiger partial charge in [-0.15, -0.1) is 0 Å². The van der Waals surface area contributed by atoms with Crippen molar-refractivity contribution in [2.45, 2.75) is 17.8 Å². The van der Waals surface area contributed by atoms with Gasteiger partial charge in [0, 0.05) is 22.9 Å². The molecule has 1 unspecified atom stereocenters. The van der Waals surface area contributed by atoms with Crippen LogP contribution in [0.15, 0.2) is 53.8 Å². The molecule has 10 heteroatoms. The summed E-state index contributed by atoms with van der Waals surface area (Å²) in [5.41, 5.74) is 2.32. The Morgan fingerprint density at radius 2 is 1.87 bits per heavy atom. The molecule has 7 nitrogen and oxygen atoms in total. The topological polar surface area (TPSA) is 88.3 Å². The summed E-state index contributed by atoms with van der Waals surface area (Å²) in [4.78, 5) is 17.1. The van der Waals surface area contributed by atoms with Crippen LogP contribution in [-0.2, 0) is 16.6 Å². The van der Waals surface area contributed by atoms with Crippen molar-refractivity contribution >= 4 is 22.0 Å². The summed E-state index contributed by atoms with van der Waals surface area (Å²) in [5, 5.41) is 0.176. The summed E-state index contributed by atoms with van der Waals surface area (Å²) in [5.74, 6) is 1.23. The average molecular weight is 434 g/mol. The standard InChI is InChI=1S/C20H16FN4O3S.Na/c1-12-16(22-10-9-17(12)27-2)11-29(26)20-23-15-7-8-18(24-19(15)25-20)28-14-5-3-13(21)4-6-14;/h3-10H,11H2,1-2H3;/q-1;+1. The summed E-state index contributed by atoms with van der Waals surface area (Å²) >= 11 is 0. The number of ether oxygens (including phenoxy) is 2. The van der Waals surface area contributed by atoms with E-state index < -0.39 is 10.8 Å². The van der Waals surface area contributed by atoms with Gasteiger partial charge >= 0.3 is 29.6 Å². The zero-order valence-corrected chi connectivity index (χ0v) is 19.4. The predicted octanol–water partition coefficient (Wildman–Crippen LogP) is 0.542. The molecule has 1 atom stereocenters. The Labute approximate surface area is 196 Å². The van der Waals surface area contributed by atoms with Crippen molar-refractivity contribution in [3.05, 3.63) is 65.7 Å².